The number of nitrogens with one attached hydrogen (secondary N) is 1. The second-order valence-electron chi connectivity index (χ2n) is 4.70. The van der Waals surface area contributed by atoms with Gasteiger partial charge >= 0.3 is 0 Å². The van der Waals surface area contributed by atoms with Gasteiger partial charge in [0, 0.05) is 12.6 Å². The van der Waals surface area contributed by atoms with Gasteiger partial charge in [0.05, 0.1) is 12.8 Å². The number of hydrogen-bond acceptors (Lipinski definition) is 3. The predicted molar refractivity (Wildman–Crippen MR) is 58.5 cm³/mol. The van der Waals surface area contributed by atoms with Crippen LogP contribution in [-0.4, -0.2) is 30.6 Å². The Bertz CT molecular complexity index is 309. The molecule has 1 N–H and O–H groups in total. The second kappa shape index (κ2) is 3.99. The molecule has 0 aromatic carbocycles. The third-order valence-electron chi connectivity index (χ3n) is 3.75. The summed E-state index contributed by atoms with van der Waals surface area (Å²) in [5.74, 6) is 1.92. The normalized spacial score (nSPS) is 34.5. The van der Waals surface area contributed by atoms with Crippen molar-refractivity contribution in [1.29, 1.82) is 0 Å². The van der Waals surface area contributed by atoms with Crippen LogP contribution in [0, 0.1) is 5.92 Å². The molecule has 2 bridgehead atoms. The van der Waals surface area contributed by atoms with E-state index in [1.54, 1.807) is 6.26 Å². The van der Waals surface area contributed by atoms with Gasteiger partial charge in [-0.05, 0) is 44.0 Å². The van der Waals surface area contributed by atoms with E-state index in [0.717, 1.165) is 18.2 Å². The number of furan rings is 1. The third kappa shape index (κ3) is 1.94. The van der Waals surface area contributed by atoms with Crippen molar-refractivity contribution in [3.8, 4) is 0 Å². The smallest absolute Gasteiger partial charge is 0.117 e. The summed E-state index contributed by atoms with van der Waals surface area (Å²) < 4.78 is 5.33. The van der Waals surface area contributed by atoms with Crippen LogP contribution in [0.5, 0.6) is 0 Å². The van der Waals surface area contributed by atoms with Gasteiger partial charge in [0.25, 0.3) is 0 Å². The zero-order valence-electron chi connectivity index (χ0n) is 8.98. The SMILES string of the molecule is c1coc(CNC2CCN3CCC2C3)c1. The van der Waals surface area contributed by atoms with E-state index in [1.165, 1.54) is 32.5 Å². The molecule has 1 aromatic rings. The minimum Gasteiger partial charge on any atom is -0.468 e. The fourth-order valence-electron chi connectivity index (χ4n) is 2.87. The first-order valence-corrected chi connectivity index (χ1v) is 5.90. The molecule has 0 saturated carbocycles. The van der Waals surface area contributed by atoms with Gasteiger partial charge in [0.15, 0.2) is 0 Å². The standard InChI is InChI=1S/C12H18N2O/c1-2-11(15-7-1)8-13-12-4-6-14-5-3-10(12)9-14/h1-2,7,10,12-13H,3-6,8-9H2. The first-order chi connectivity index (χ1) is 7.42. The third-order valence-corrected chi connectivity index (χ3v) is 3.75. The Balaban J connectivity index is 1.55. The highest BCUT2D eigenvalue weighted by Gasteiger charge is 2.33. The van der Waals surface area contributed by atoms with Crippen molar-refractivity contribution in [2.45, 2.75) is 25.4 Å². The van der Waals surface area contributed by atoms with Gasteiger partial charge in [-0.25, -0.2) is 0 Å². The highest BCUT2D eigenvalue weighted by atomic mass is 16.3. The molecule has 0 amide bonds. The summed E-state index contributed by atoms with van der Waals surface area (Å²) >= 11 is 0. The largest absolute Gasteiger partial charge is 0.468 e. The average Bonchev–Trinajstić information content (AvgIpc) is 2.88. The average molecular weight is 206 g/mol. The zero-order chi connectivity index (χ0) is 10.1. The van der Waals surface area contributed by atoms with Crippen LogP contribution in [0.25, 0.3) is 0 Å². The van der Waals surface area contributed by atoms with Crippen LogP contribution in [-0.2, 0) is 6.54 Å². The Morgan fingerprint density at radius 1 is 1.40 bits per heavy atom. The van der Waals surface area contributed by atoms with E-state index in [1.807, 2.05) is 12.1 Å². The lowest BCUT2D eigenvalue weighted by atomic mass is 9.94. The quantitative estimate of drug-likeness (QED) is 0.811. The van der Waals surface area contributed by atoms with Crippen LogP contribution in [0.2, 0.25) is 0 Å². The van der Waals surface area contributed by atoms with Gasteiger partial charge in [0.1, 0.15) is 5.76 Å². The molecular formula is C12H18N2O. The first kappa shape index (κ1) is 9.43. The van der Waals surface area contributed by atoms with E-state index in [0.29, 0.717) is 6.04 Å². The van der Waals surface area contributed by atoms with Gasteiger partial charge in [-0.2, -0.15) is 0 Å². The highest BCUT2D eigenvalue weighted by Crippen LogP contribution is 2.27. The Labute approximate surface area is 90.4 Å². The molecule has 3 heterocycles. The van der Waals surface area contributed by atoms with Crippen molar-refractivity contribution in [2.75, 3.05) is 19.6 Å². The molecule has 3 heteroatoms. The summed E-state index contributed by atoms with van der Waals surface area (Å²) in [6, 6.07) is 4.69. The Hall–Kier alpha value is -0.800. The monoisotopic (exact) mass is 206 g/mol. The lowest BCUT2D eigenvalue weighted by Gasteiger charge is -2.30. The molecule has 2 fully saturated rings. The van der Waals surface area contributed by atoms with Crippen LogP contribution < -0.4 is 5.32 Å². The predicted octanol–water partition coefficient (Wildman–Crippen LogP) is 1.46. The first-order valence-electron chi connectivity index (χ1n) is 5.90. The number of nitrogens with zero attached hydrogens (tertiary/aromatic N) is 1. The summed E-state index contributed by atoms with van der Waals surface area (Å²) in [5, 5.41) is 3.63. The lowest BCUT2D eigenvalue weighted by Crippen LogP contribution is -2.43. The number of hydrogen-bond donors (Lipinski definition) is 1. The molecule has 2 aliphatic rings. The van der Waals surface area contributed by atoms with Crippen molar-refractivity contribution in [3.05, 3.63) is 24.2 Å². The van der Waals surface area contributed by atoms with Gasteiger partial charge in [-0.1, -0.05) is 0 Å². The maximum atomic E-state index is 5.33. The summed E-state index contributed by atoms with van der Waals surface area (Å²) in [5.41, 5.74) is 0. The van der Waals surface area contributed by atoms with E-state index in [-0.39, 0.29) is 0 Å². The van der Waals surface area contributed by atoms with Crippen molar-refractivity contribution in [2.24, 2.45) is 5.92 Å². The van der Waals surface area contributed by atoms with E-state index >= 15 is 0 Å². The van der Waals surface area contributed by atoms with Crippen LogP contribution in [0.4, 0.5) is 0 Å². The lowest BCUT2D eigenvalue weighted by molar-refractivity contribution is 0.217. The molecule has 0 radical (unpaired) electrons. The Morgan fingerprint density at radius 2 is 2.33 bits per heavy atom. The van der Waals surface area contributed by atoms with Gasteiger partial charge in [0.2, 0.25) is 0 Å². The van der Waals surface area contributed by atoms with Gasteiger partial charge in [-0.15, -0.1) is 0 Å². The Morgan fingerprint density at radius 3 is 3.20 bits per heavy atom. The van der Waals surface area contributed by atoms with Crippen molar-refractivity contribution in [1.82, 2.24) is 10.2 Å². The zero-order valence-corrected chi connectivity index (χ0v) is 8.98. The minimum absolute atomic E-state index is 0.703. The number of piperidine rings is 1. The van der Waals surface area contributed by atoms with Gasteiger partial charge < -0.3 is 14.6 Å². The van der Waals surface area contributed by atoms with E-state index in [4.69, 9.17) is 4.42 Å². The molecule has 3 unspecified atom stereocenters. The maximum absolute atomic E-state index is 5.33. The summed E-state index contributed by atoms with van der Waals surface area (Å²) in [6.07, 6.45) is 4.41. The topological polar surface area (TPSA) is 28.4 Å². The fourth-order valence-corrected chi connectivity index (χ4v) is 2.87. The van der Waals surface area contributed by atoms with Gasteiger partial charge in [-0.3, -0.25) is 0 Å². The molecule has 0 aliphatic carbocycles. The second-order valence-corrected chi connectivity index (χ2v) is 4.70. The molecule has 82 valence electrons. The molecular weight excluding hydrogens is 188 g/mol. The number of fused-ring (bicyclic) bond motifs is 2. The molecule has 3 nitrogen and oxygen atoms in total. The van der Waals surface area contributed by atoms with Crippen molar-refractivity contribution >= 4 is 0 Å². The van der Waals surface area contributed by atoms with Crippen LogP contribution in [0.1, 0.15) is 18.6 Å². The highest BCUT2D eigenvalue weighted by molar-refractivity contribution is 4.99. The molecule has 0 spiro atoms. The van der Waals surface area contributed by atoms with Crippen LogP contribution in [0.3, 0.4) is 0 Å². The molecule has 2 saturated heterocycles. The Kier molecular flexibility index (Phi) is 2.51. The van der Waals surface area contributed by atoms with Crippen molar-refractivity contribution in [3.63, 3.8) is 0 Å². The fraction of sp³-hybridized carbons (Fsp3) is 0.667. The minimum atomic E-state index is 0.703. The summed E-state index contributed by atoms with van der Waals surface area (Å²) in [6.45, 7) is 4.76. The van der Waals surface area contributed by atoms with Crippen molar-refractivity contribution < 1.29 is 4.42 Å². The molecule has 15 heavy (non-hydrogen) atoms. The van der Waals surface area contributed by atoms with E-state index < -0.39 is 0 Å². The molecule has 3 rings (SSSR count). The molecule has 3 atom stereocenters. The van der Waals surface area contributed by atoms with Crippen LogP contribution >= 0.6 is 0 Å². The van der Waals surface area contributed by atoms with E-state index in [9.17, 15) is 0 Å². The molecule has 2 aliphatic heterocycles. The molecule has 1 aromatic heterocycles. The summed E-state index contributed by atoms with van der Waals surface area (Å²) in [4.78, 5) is 2.58. The number of rotatable bonds is 3. The summed E-state index contributed by atoms with van der Waals surface area (Å²) in [7, 11) is 0. The van der Waals surface area contributed by atoms with E-state index in [2.05, 4.69) is 10.2 Å². The van der Waals surface area contributed by atoms with Crippen LogP contribution in [0.15, 0.2) is 22.8 Å². The maximum Gasteiger partial charge on any atom is 0.117 e.